The van der Waals surface area contributed by atoms with E-state index < -0.39 is 36.0 Å². The monoisotopic (exact) mass is 509 g/mol. The molecule has 0 aliphatic rings. The van der Waals surface area contributed by atoms with Crippen LogP contribution in [0.25, 0.3) is 0 Å². The van der Waals surface area contributed by atoms with Crippen molar-refractivity contribution >= 4 is 24.2 Å². The number of alkyl carbamates (subject to hydrolysis) is 1. The van der Waals surface area contributed by atoms with E-state index in [1.54, 1.807) is 0 Å². The summed E-state index contributed by atoms with van der Waals surface area (Å²) in [4.78, 5) is 50.5. The minimum atomic E-state index is -0.929. The van der Waals surface area contributed by atoms with E-state index >= 15 is 0 Å². The molecule has 3 atom stereocenters. The first-order valence-electron chi connectivity index (χ1n) is 12.7. The van der Waals surface area contributed by atoms with Gasteiger partial charge in [-0.15, -0.1) is 0 Å². The third-order valence-electron chi connectivity index (χ3n) is 5.66. The lowest BCUT2D eigenvalue weighted by molar-refractivity contribution is -0.131. The first-order valence-corrected chi connectivity index (χ1v) is 12.7. The normalized spacial score (nSPS) is 13.4. The Morgan fingerprint density at radius 2 is 1.27 bits per heavy atom. The molecule has 2 rings (SSSR count). The molecule has 0 saturated heterocycles. The molecular weight excluding hydrogens is 470 g/mol. The Morgan fingerprint density at radius 1 is 0.730 bits per heavy atom. The van der Waals surface area contributed by atoms with Crippen LogP contribution < -0.4 is 16.0 Å². The molecule has 2 aromatic rings. The number of hydrogen-bond donors (Lipinski definition) is 3. The van der Waals surface area contributed by atoms with Crippen molar-refractivity contribution in [2.75, 3.05) is 0 Å². The van der Waals surface area contributed by atoms with Gasteiger partial charge in [0.1, 0.15) is 25.0 Å². The molecule has 0 fully saturated rings. The smallest absolute Gasteiger partial charge is 0.408 e. The van der Waals surface area contributed by atoms with E-state index in [4.69, 9.17) is 4.74 Å². The Labute approximate surface area is 219 Å². The van der Waals surface area contributed by atoms with Crippen LogP contribution in [0.3, 0.4) is 0 Å². The number of benzene rings is 2. The summed E-state index contributed by atoms with van der Waals surface area (Å²) >= 11 is 0. The average Bonchev–Trinajstić information content (AvgIpc) is 2.86. The summed E-state index contributed by atoms with van der Waals surface area (Å²) in [6.45, 7) is 7.87. The first-order chi connectivity index (χ1) is 17.7. The third-order valence-corrected chi connectivity index (χ3v) is 5.66. The lowest BCUT2D eigenvalue weighted by Crippen LogP contribution is -2.56. The SMILES string of the molecule is CC(C)C[C@@H](C=O)NC(=O)[C@H](Cc1ccccc1)NC(=O)[C@H](CC(C)C)NC(=O)OCc1ccccc1. The average molecular weight is 510 g/mol. The van der Waals surface area contributed by atoms with Crippen molar-refractivity contribution in [1.82, 2.24) is 16.0 Å². The molecule has 3 N–H and O–H groups in total. The highest BCUT2D eigenvalue weighted by Crippen LogP contribution is 2.10. The van der Waals surface area contributed by atoms with Crippen LogP contribution in [-0.4, -0.2) is 42.3 Å². The number of amides is 3. The number of aldehydes is 1. The maximum atomic E-state index is 13.3. The second kappa shape index (κ2) is 15.4. The number of ether oxygens (including phenoxy) is 1. The van der Waals surface area contributed by atoms with E-state index in [0.29, 0.717) is 19.1 Å². The molecular formula is C29H39N3O5. The Balaban J connectivity index is 2.12. The van der Waals surface area contributed by atoms with Gasteiger partial charge in [0, 0.05) is 6.42 Å². The molecule has 0 unspecified atom stereocenters. The van der Waals surface area contributed by atoms with Gasteiger partial charge >= 0.3 is 6.09 Å². The van der Waals surface area contributed by atoms with Crippen LogP contribution >= 0.6 is 0 Å². The van der Waals surface area contributed by atoms with Crippen LogP contribution in [0.15, 0.2) is 60.7 Å². The Hall–Kier alpha value is -3.68. The van der Waals surface area contributed by atoms with Gasteiger partial charge in [0.05, 0.1) is 6.04 Å². The Morgan fingerprint density at radius 3 is 1.81 bits per heavy atom. The fourth-order valence-electron chi connectivity index (χ4n) is 3.88. The van der Waals surface area contributed by atoms with Crippen molar-refractivity contribution in [2.24, 2.45) is 11.8 Å². The van der Waals surface area contributed by atoms with Crippen LogP contribution in [-0.2, 0) is 32.1 Å². The lowest BCUT2D eigenvalue weighted by atomic mass is 10.0. The summed E-state index contributed by atoms with van der Waals surface area (Å²) in [5.41, 5.74) is 1.68. The molecule has 37 heavy (non-hydrogen) atoms. The molecule has 0 radical (unpaired) electrons. The zero-order chi connectivity index (χ0) is 27.2. The number of carbonyl (C=O) groups excluding carboxylic acids is 4. The third kappa shape index (κ3) is 11.3. The van der Waals surface area contributed by atoms with Crippen molar-refractivity contribution in [3.8, 4) is 0 Å². The molecule has 200 valence electrons. The van der Waals surface area contributed by atoms with E-state index in [1.165, 1.54) is 0 Å². The number of rotatable bonds is 14. The summed E-state index contributed by atoms with van der Waals surface area (Å²) in [6, 6.07) is 16.1. The predicted molar refractivity (Wildman–Crippen MR) is 143 cm³/mol. The molecule has 3 amide bonds. The van der Waals surface area contributed by atoms with E-state index in [-0.39, 0.29) is 24.9 Å². The first kappa shape index (κ1) is 29.5. The van der Waals surface area contributed by atoms with Crippen LogP contribution in [0.2, 0.25) is 0 Å². The lowest BCUT2D eigenvalue weighted by Gasteiger charge is -2.25. The number of nitrogens with one attached hydrogen (secondary N) is 3. The molecule has 0 aliphatic heterocycles. The molecule has 0 spiro atoms. The fraction of sp³-hybridized carbons (Fsp3) is 0.448. The Kier molecular flexibility index (Phi) is 12.3. The van der Waals surface area contributed by atoms with E-state index in [9.17, 15) is 19.2 Å². The van der Waals surface area contributed by atoms with Gasteiger partial charge in [0.2, 0.25) is 11.8 Å². The molecule has 0 bridgehead atoms. The van der Waals surface area contributed by atoms with Gasteiger partial charge in [0.25, 0.3) is 0 Å². The largest absolute Gasteiger partial charge is 0.445 e. The summed E-state index contributed by atoms with van der Waals surface area (Å²) in [6.07, 6.45) is 1.08. The van der Waals surface area contributed by atoms with Gasteiger partial charge in [0.15, 0.2) is 0 Å². The number of carbonyl (C=O) groups is 4. The van der Waals surface area contributed by atoms with E-state index in [2.05, 4.69) is 16.0 Å². The van der Waals surface area contributed by atoms with Crippen molar-refractivity contribution in [3.05, 3.63) is 71.8 Å². The van der Waals surface area contributed by atoms with Crippen molar-refractivity contribution in [3.63, 3.8) is 0 Å². The summed E-state index contributed by atoms with van der Waals surface area (Å²) in [5.74, 6) is -0.644. The van der Waals surface area contributed by atoms with Crippen LogP contribution in [0.1, 0.15) is 51.7 Å². The topological polar surface area (TPSA) is 114 Å². The molecule has 0 heterocycles. The van der Waals surface area contributed by atoms with E-state index in [1.807, 2.05) is 88.4 Å². The summed E-state index contributed by atoms with van der Waals surface area (Å²) < 4.78 is 5.29. The summed E-state index contributed by atoms with van der Waals surface area (Å²) in [5, 5.41) is 8.19. The maximum Gasteiger partial charge on any atom is 0.408 e. The zero-order valence-electron chi connectivity index (χ0n) is 22.1. The highest BCUT2D eigenvalue weighted by Gasteiger charge is 2.29. The highest BCUT2D eigenvalue weighted by molar-refractivity contribution is 5.92. The van der Waals surface area contributed by atoms with Crippen molar-refractivity contribution < 1.29 is 23.9 Å². The van der Waals surface area contributed by atoms with Gasteiger partial charge in [-0.05, 0) is 35.8 Å². The van der Waals surface area contributed by atoms with Gasteiger partial charge in [-0.2, -0.15) is 0 Å². The minimum absolute atomic E-state index is 0.0741. The minimum Gasteiger partial charge on any atom is -0.445 e. The molecule has 2 aromatic carbocycles. The zero-order valence-corrected chi connectivity index (χ0v) is 22.1. The molecule has 8 heteroatoms. The van der Waals surface area contributed by atoms with Gasteiger partial charge in [-0.25, -0.2) is 4.79 Å². The summed E-state index contributed by atoms with van der Waals surface area (Å²) in [7, 11) is 0. The van der Waals surface area contributed by atoms with Gasteiger partial charge in [-0.1, -0.05) is 88.4 Å². The van der Waals surface area contributed by atoms with Crippen LogP contribution in [0.4, 0.5) is 4.79 Å². The molecule has 0 saturated carbocycles. The molecule has 8 nitrogen and oxygen atoms in total. The van der Waals surface area contributed by atoms with Crippen LogP contribution in [0, 0.1) is 11.8 Å². The van der Waals surface area contributed by atoms with Gasteiger partial charge in [-0.3, -0.25) is 9.59 Å². The Bertz CT molecular complexity index is 995. The highest BCUT2D eigenvalue weighted by atomic mass is 16.5. The van der Waals surface area contributed by atoms with Crippen molar-refractivity contribution in [1.29, 1.82) is 0 Å². The maximum absolute atomic E-state index is 13.3. The second-order valence-corrected chi connectivity index (χ2v) is 10.0. The standard InChI is InChI=1S/C29H39N3O5/c1-20(2)15-24(18-33)30-27(34)26(17-22-11-7-5-8-12-22)31-28(35)25(16-21(3)4)32-29(36)37-19-23-13-9-6-10-14-23/h5-14,18,20-21,24-26H,15-17,19H2,1-4H3,(H,30,34)(H,31,35)(H,32,36)/t24-,25-,26-/m0/s1. The molecule has 0 aromatic heterocycles. The number of hydrogen-bond acceptors (Lipinski definition) is 5. The second-order valence-electron chi connectivity index (χ2n) is 10.0. The van der Waals surface area contributed by atoms with Gasteiger partial charge < -0.3 is 25.5 Å². The quantitative estimate of drug-likeness (QED) is 0.336. The fourth-order valence-corrected chi connectivity index (χ4v) is 3.88. The van der Waals surface area contributed by atoms with Crippen LogP contribution in [0.5, 0.6) is 0 Å². The predicted octanol–water partition coefficient (Wildman–Crippen LogP) is 3.78. The van der Waals surface area contributed by atoms with E-state index in [0.717, 1.165) is 11.1 Å². The molecule has 0 aliphatic carbocycles. The van der Waals surface area contributed by atoms with Crippen molar-refractivity contribution in [2.45, 2.75) is 71.7 Å².